The van der Waals surface area contributed by atoms with Crippen LogP contribution >= 0.6 is 0 Å². The first-order chi connectivity index (χ1) is 16.6. The lowest BCUT2D eigenvalue weighted by molar-refractivity contribution is 0.0640. The number of nitrogens with zero attached hydrogens (tertiary/aromatic N) is 2. The minimum Gasteiger partial charge on any atom is -0.497 e. The normalized spacial score (nSPS) is 19.4. The first-order valence-electron chi connectivity index (χ1n) is 12.1. The summed E-state index contributed by atoms with van der Waals surface area (Å²) in [4.78, 5) is 6.75. The van der Waals surface area contributed by atoms with Gasteiger partial charge in [0.25, 0.3) is 0 Å². The van der Waals surface area contributed by atoms with Crippen molar-refractivity contribution in [3.8, 4) is 17.6 Å². The molecule has 3 aromatic rings. The van der Waals surface area contributed by atoms with Gasteiger partial charge in [0.05, 0.1) is 25.3 Å². The molecule has 2 N–H and O–H groups in total. The summed E-state index contributed by atoms with van der Waals surface area (Å²) in [7, 11) is 1.64. The zero-order chi connectivity index (χ0) is 23.9. The number of aromatic nitrogens is 1. The topological polar surface area (TPSA) is 65.8 Å². The first-order valence-corrected chi connectivity index (χ1v) is 12.1. The number of piperidine rings is 1. The molecule has 0 bridgehead atoms. The van der Waals surface area contributed by atoms with E-state index in [1.807, 2.05) is 36.4 Å². The molecule has 1 aliphatic heterocycles. The molecule has 34 heavy (non-hydrogen) atoms. The highest BCUT2D eigenvalue weighted by Crippen LogP contribution is 2.33. The van der Waals surface area contributed by atoms with Gasteiger partial charge in [-0.2, -0.15) is 0 Å². The molecule has 0 amide bonds. The average molecular weight is 459 g/mol. The molecule has 3 atom stereocenters. The van der Waals surface area contributed by atoms with Crippen molar-refractivity contribution in [2.75, 3.05) is 33.4 Å². The molecular weight excluding hydrogens is 424 g/mol. The van der Waals surface area contributed by atoms with E-state index < -0.39 is 6.10 Å². The van der Waals surface area contributed by atoms with Crippen molar-refractivity contribution >= 4 is 10.9 Å². The van der Waals surface area contributed by atoms with Gasteiger partial charge in [-0.3, -0.25) is 9.88 Å². The van der Waals surface area contributed by atoms with Gasteiger partial charge in [-0.1, -0.05) is 24.0 Å². The van der Waals surface area contributed by atoms with E-state index in [1.165, 1.54) is 5.56 Å². The third kappa shape index (κ3) is 5.95. The van der Waals surface area contributed by atoms with E-state index in [2.05, 4.69) is 40.8 Å². The van der Waals surface area contributed by atoms with E-state index in [4.69, 9.17) is 4.74 Å². The van der Waals surface area contributed by atoms with Crippen LogP contribution in [0.2, 0.25) is 0 Å². The second-order valence-corrected chi connectivity index (χ2v) is 9.27. The summed E-state index contributed by atoms with van der Waals surface area (Å²) < 4.78 is 5.36. The number of hydrogen-bond donors (Lipinski definition) is 2. The van der Waals surface area contributed by atoms with Gasteiger partial charge in [0.15, 0.2) is 0 Å². The van der Waals surface area contributed by atoms with Crippen LogP contribution in [-0.4, -0.2) is 53.4 Å². The van der Waals surface area contributed by atoms with Crippen LogP contribution in [-0.2, 0) is 0 Å². The number of rotatable bonds is 7. The molecule has 0 spiro atoms. The van der Waals surface area contributed by atoms with Gasteiger partial charge in [0.2, 0.25) is 0 Å². The Labute approximate surface area is 202 Å². The number of fused-ring (bicyclic) bond motifs is 1. The van der Waals surface area contributed by atoms with Gasteiger partial charge >= 0.3 is 0 Å². The minimum absolute atomic E-state index is 0.165. The average Bonchev–Trinajstić information content (AvgIpc) is 2.87. The summed E-state index contributed by atoms with van der Waals surface area (Å²) in [5.74, 6) is 7.90. The maximum atomic E-state index is 11.0. The number of pyridine rings is 1. The van der Waals surface area contributed by atoms with Crippen LogP contribution in [0.3, 0.4) is 0 Å². The highest BCUT2D eigenvalue weighted by Gasteiger charge is 2.29. The van der Waals surface area contributed by atoms with Crippen LogP contribution in [0.15, 0.2) is 54.7 Å². The summed E-state index contributed by atoms with van der Waals surface area (Å²) in [6.07, 6.45) is 3.72. The number of benzene rings is 2. The lowest BCUT2D eigenvalue weighted by atomic mass is 9.81. The van der Waals surface area contributed by atoms with Crippen molar-refractivity contribution in [3.05, 3.63) is 71.4 Å². The summed E-state index contributed by atoms with van der Waals surface area (Å²) >= 11 is 0. The van der Waals surface area contributed by atoms with Gasteiger partial charge in [-0.05, 0) is 92.1 Å². The molecule has 1 fully saturated rings. The van der Waals surface area contributed by atoms with E-state index in [0.29, 0.717) is 18.9 Å². The van der Waals surface area contributed by atoms with Crippen LogP contribution in [0.25, 0.3) is 10.9 Å². The van der Waals surface area contributed by atoms with E-state index in [-0.39, 0.29) is 12.5 Å². The second-order valence-electron chi connectivity index (χ2n) is 9.27. The van der Waals surface area contributed by atoms with Crippen molar-refractivity contribution in [1.29, 1.82) is 0 Å². The van der Waals surface area contributed by atoms with E-state index >= 15 is 0 Å². The molecule has 5 nitrogen and oxygen atoms in total. The van der Waals surface area contributed by atoms with Gasteiger partial charge in [0.1, 0.15) is 5.75 Å². The van der Waals surface area contributed by atoms with Crippen LogP contribution in [0.1, 0.15) is 42.1 Å². The van der Waals surface area contributed by atoms with Gasteiger partial charge in [0, 0.05) is 30.3 Å². The Hall–Kier alpha value is -2.91. The van der Waals surface area contributed by atoms with Crippen molar-refractivity contribution in [2.45, 2.75) is 32.3 Å². The Kier molecular flexibility index (Phi) is 8.18. The first kappa shape index (κ1) is 24.2. The molecule has 178 valence electrons. The number of methoxy groups -OCH3 is 1. The van der Waals surface area contributed by atoms with Crippen LogP contribution in [0.5, 0.6) is 5.75 Å². The van der Waals surface area contributed by atoms with E-state index in [0.717, 1.165) is 53.7 Å². The molecule has 0 saturated carbocycles. The van der Waals surface area contributed by atoms with Crippen LogP contribution in [0, 0.1) is 30.6 Å². The van der Waals surface area contributed by atoms with Crippen LogP contribution < -0.4 is 4.74 Å². The van der Waals surface area contributed by atoms with Crippen molar-refractivity contribution < 1.29 is 14.9 Å². The molecule has 1 unspecified atom stereocenters. The van der Waals surface area contributed by atoms with Gasteiger partial charge < -0.3 is 14.9 Å². The molecular formula is C29H34N2O3. The Morgan fingerprint density at radius 3 is 2.85 bits per heavy atom. The summed E-state index contributed by atoms with van der Waals surface area (Å²) in [5, 5.41) is 22.0. The zero-order valence-corrected chi connectivity index (χ0v) is 20.1. The highest BCUT2D eigenvalue weighted by molar-refractivity contribution is 5.83. The Morgan fingerprint density at radius 2 is 2.06 bits per heavy atom. The minimum atomic E-state index is -0.574. The maximum absolute atomic E-state index is 11.0. The number of aryl methyl sites for hydroxylation is 1. The predicted molar refractivity (Wildman–Crippen MR) is 136 cm³/mol. The SMILES string of the molecule is COc1ccc2nccc(C(O)CC[C@@H]3CCN(CC#Cc4cccc(C)c4)C[C@@H]3CO)c2c1. The van der Waals surface area contributed by atoms with Crippen LogP contribution in [0.4, 0.5) is 0 Å². The monoisotopic (exact) mass is 458 g/mol. The molecule has 1 aliphatic rings. The lowest BCUT2D eigenvalue weighted by Crippen LogP contribution is -2.42. The van der Waals surface area contributed by atoms with E-state index in [9.17, 15) is 10.2 Å². The second kappa shape index (κ2) is 11.5. The molecule has 2 heterocycles. The number of aliphatic hydroxyl groups is 2. The van der Waals surface area contributed by atoms with Crippen molar-refractivity contribution in [3.63, 3.8) is 0 Å². The Bertz CT molecular complexity index is 1170. The Morgan fingerprint density at radius 1 is 1.18 bits per heavy atom. The number of aliphatic hydroxyl groups excluding tert-OH is 2. The summed E-state index contributed by atoms with van der Waals surface area (Å²) in [6.45, 7) is 4.76. The standard InChI is InChI=1S/C29H34N2O3/c1-21-5-3-6-22(17-21)7-4-15-31-16-13-23(24(19-31)20-32)8-11-29(33)26-12-14-30-28-10-9-25(34-2)18-27(26)28/h3,5-6,9-10,12,14,17-18,23-24,29,32-33H,8,11,13,15-16,19-20H2,1-2H3/t23-,24-,29?/m1/s1. The molecule has 2 aromatic carbocycles. The smallest absolute Gasteiger partial charge is 0.119 e. The zero-order valence-electron chi connectivity index (χ0n) is 20.1. The quantitative estimate of drug-likeness (QED) is 0.516. The fourth-order valence-corrected chi connectivity index (χ4v) is 4.95. The van der Waals surface area contributed by atoms with E-state index in [1.54, 1.807) is 13.3 Å². The van der Waals surface area contributed by atoms with Crippen molar-refractivity contribution in [1.82, 2.24) is 9.88 Å². The third-order valence-electron chi connectivity index (χ3n) is 6.92. The predicted octanol–water partition coefficient (Wildman–Crippen LogP) is 4.35. The number of hydrogen-bond acceptors (Lipinski definition) is 5. The van der Waals surface area contributed by atoms with Crippen molar-refractivity contribution in [2.24, 2.45) is 11.8 Å². The molecule has 0 radical (unpaired) electrons. The summed E-state index contributed by atoms with van der Waals surface area (Å²) in [5.41, 5.74) is 4.00. The molecule has 1 aromatic heterocycles. The molecule has 0 aliphatic carbocycles. The fourth-order valence-electron chi connectivity index (χ4n) is 4.95. The fraction of sp³-hybridized carbons (Fsp3) is 0.414. The molecule has 4 rings (SSSR count). The van der Waals surface area contributed by atoms with Gasteiger partial charge in [-0.15, -0.1) is 0 Å². The third-order valence-corrected chi connectivity index (χ3v) is 6.92. The molecule has 5 heteroatoms. The maximum Gasteiger partial charge on any atom is 0.119 e. The number of likely N-dealkylation sites (tertiary alicyclic amines) is 1. The largest absolute Gasteiger partial charge is 0.497 e. The Balaban J connectivity index is 1.34. The van der Waals surface area contributed by atoms with Gasteiger partial charge in [-0.25, -0.2) is 0 Å². The summed E-state index contributed by atoms with van der Waals surface area (Å²) in [6, 6.07) is 15.9. The lowest BCUT2D eigenvalue weighted by Gasteiger charge is -2.37. The number of ether oxygens (including phenoxy) is 1. The molecule has 1 saturated heterocycles. The highest BCUT2D eigenvalue weighted by atomic mass is 16.5.